The summed E-state index contributed by atoms with van der Waals surface area (Å²) in [6.07, 6.45) is 7.55. The highest BCUT2D eigenvalue weighted by Crippen LogP contribution is 2.52. The summed E-state index contributed by atoms with van der Waals surface area (Å²) in [6, 6.07) is 13.0. The molecule has 2 aromatic carbocycles. The summed E-state index contributed by atoms with van der Waals surface area (Å²) in [5, 5.41) is 9.84. The molecule has 0 atom stereocenters. The van der Waals surface area contributed by atoms with Gasteiger partial charge in [-0.25, -0.2) is 0 Å². The number of aryl methyl sites for hydroxylation is 1. The number of hydrogen-bond donors (Lipinski definition) is 1. The van der Waals surface area contributed by atoms with E-state index in [2.05, 4.69) is 28.8 Å². The summed E-state index contributed by atoms with van der Waals surface area (Å²) in [6.45, 7) is 7.75. The number of hydrogen-bond acceptors (Lipinski definition) is 4. The van der Waals surface area contributed by atoms with E-state index < -0.39 is 5.97 Å². The van der Waals surface area contributed by atoms with Crippen molar-refractivity contribution in [2.24, 2.45) is 0 Å². The van der Waals surface area contributed by atoms with E-state index >= 15 is 0 Å². The second kappa shape index (κ2) is 9.81. The molecule has 3 aliphatic rings. The number of benzene rings is 2. The zero-order valence-electron chi connectivity index (χ0n) is 21.7. The zero-order chi connectivity index (χ0) is 25.4. The molecule has 0 radical (unpaired) electrons. The number of fused-ring (bicyclic) bond motifs is 7. The first-order chi connectivity index (χ1) is 17.5. The Morgan fingerprint density at radius 1 is 1.08 bits per heavy atom. The van der Waals surface area contributed by atoms with Crippen LogP contribution in [0.4, 0.5) is 0 Å². The van der Waals surface area contributed by atoms with Crippen molar-refractivity contribution in [2.75, 3.05) is 19.6 Å². The van der Waals surface area contributed by atoms with E-state index in [4.69, 9.17) is 10.1 Å². The second-order valence-corrected chi connectivity index (χ2v) is 10.4. The molecule has 2 fully saturated rings. The van der Waals surface area contributed by atoms with Gasteiger partial charge in [-0.15, -0.1) is 0 Å². The van der Waals surface area contributed by atoms with Crippen molar-refractivity contribution in [3.63, 3.8) is 0 Å². The summed E-state index contributed by atoms with van der Waals surface area (Å²) in [4.78, 5) is 31.1. The first kappa shape index (κ1) is 24.7. The van der Waals surface area contributed by atoms with Gasteiger partial charge in [-0.05, 0) is 80.4 Å². The summed E-state index contributed by atoms with van der Waals surface area (Å²) in [7, 11) is 0. The molecule has 1 N–H and O–H groups in total. The van der Waals surface area contributed by atoms with Crippen LogP contribution in [0.25, 0.3) is 16.6 Å². The van der Waals surface area contributed by atoms with Gasteiger partial charge in [-0.2, -0.15) is 4.98 Å². The number of carboxylic acids is 1. The van der Waals surface area contributed by atoms with Crippen LogP contribution in [0.1, 0.15) is 87.2 Å². The number of carbonyl (C=O) groups is 1. The van der Waals surface area contributed by atoms with E-state index in [9.17, 15) is 9.59 Å². The maximum Gasteiger partial charge on any atom is 0.317 e. The Morgan fingerprint density at radius 2 is 1.81 bits per heavy atom. The predicted molar refractivity (Wildman–Crippen MR) is 143 cm³/mol. The molecule has 0 bridgehead atoms. The molecule has 1 spiro atoms. The average molecular weight is 488 g/mol. The lowest BCUT2D eigenvalue weighted by Gasteiger charge is -2.35. The predicted octanol–water partition coefficient (Wildman–Crippen LogP) is 5.55. The van der Waals surface area contributed by atoms with Gasteiger partial charge in [-0.1, -0.05) is 57.4 Å². The van der Waals surface area contributed by atoms with E-state index in [1.165, 1.54) is 23.2 Å². The molecule has 1 aliphatic carbocycles. The van der Waals surface area contributed by atoms with Gasteiger partial charge in [0.05, 0.1) is 28.6 Å². The van der Waals surface area contributed by atoms with Crippen molar-refractivity contribution < 1.29 is 9.90 Å². The van der Waals surface area contributed by atoms with Crippen molar-refractivity contribution >= 4 is 16.9 Å². The van der Waals surface area contributed by atoms with E-state index in [1.807, 2.05) is 37.8 Å². The maximum absolute atomic E-state index is 13.2. The molecular formula is C30H37N3O3. The van der Waals surface area contributed by atoms with E-state index in [1.54, 1.807) is 0 Å². The third kappa shape index (κ3) is 3.96. The molecule has 6 nitrogen and oxygen atoms in total. The standard InChI is InChI=1S/C28H31N3O3.C2H6/c1-18-6-5-7-23-25(18)26(34)29-27-28(12-3-2-4-13-28)21-16-20(8-9-22(21)31(23)27)19-10-14-30(15-11-19)17-24(32)33;1-2/h5-9,16,19H,2-4,10-15,17H2,1H3,(H,32,33);1-2H3. The summed E-state index contributed by atoms with van der Waals surface area (Å²) in [5.41, 5.74) is 5.49. The van der Waals surface area contributed by atoms with Crippen LogP contribution in [0.2, 0.25) is 0 Å². The van der Waals surface area contributed by atoms with Crippen LogP contribution in [0.3, 0.4) is 0 Å². The monoisotopic (exact) mass is 487 g/mol. The maximum atomic E-state index is 13.2. The highest BCUT2D eigenvalue weighted by molar-refractivity contribution is 5.85. The minimum Gasteiger partial charge on any atom is -0.480 e. The molecule has 3 heterocycles. The fourth-order valence-corrected chi connectivity index (χ4v) is 6.77. The van der Waals surface area contributed by atoms with E-state index in [0.29, 0.717) is 5.92 Å². The lowest BCUT2D eigenvalue weighted by molar-refractivity contribution is -0.138. The molecule has 1 aromatic heterocycles. The topological polar surface area (TPSA) is 75.4 Å². The van der Waals surface area contributed by atoms with E-state index in [0.717, 1.165) is 73.9 Å². The minimum absolute atomic E-state index is 0.108. The smallest absolute Gasteiger partial charge is 0.317 e. The van der Waals surface area contributed by atoms with Crippen molar-refractivity contribution in [3.8, 4) is 5.69 Å². The van der Waals surface area contributed by atoms with Gasteiger partial charge >= 0.3 is 5.97 Å². The van der Waals surface area contributed by atoms with Crippen LogP contribution in [0, 0.1) is 6.92 Å². The van der Waals surface area contributed by atoms with Gasteiger partial charge in [0.2, 0.25) is 0 Å². The Balaban J connectivity index is 0.00000130. The van der Waals surface area contributed by atoms with Crippen LogP contribution in [-0.2, 0) is 10.2 Å². The summed E-state index contributed by atoms with van der Waals surface area (Å²) < 4.78 is 2.27. The molecule has 36 heavy (non-hydrogen) atoms. The quantitative estimate of drug-likeness (QED) is 0.524. The number of nitrogens with zero attached hydrogens (tertiary/aromatic N) is 3. The number of likely N-dealkylation sites (tertiary alicyclic amines) is 1. The summed E-state index contributed by atoms with van der Waals surface area (Å²) >= 11 is 0. The third-order valence-electron chi connectivity index (χ3n) is 8.45. The first-order valence-electron chi connectivity index (χ1n) is 13.6. The normalized spacial score (nSPS) is 19.0. The fourth-order valence-electron chi connectivity index (χ4n) is 6.77. The lowest BCUT2D eigenvalue weighted by atomic mass is 9.69. The highest BCUT2D eigenvalue weighted by Gasteiger charge is 2.46. The number of rotatable bonds is 3. The number of aromatic nitrogens is 2. The lowest BCUT2D eigenvalue weighted by Crippen LogP contribution is -2.36. The number of piperidine rings is 1. The largest absolute Gasteiger partial charge is 0.480 e. The Hall–Kier alpha value is -2.99. The molecule has 3 aromatic rings. The molecule has 1 saturated heterocycles. The molecule has 0 amide bonds. The number of carboxylic acid groups (broad SMARTS) is 1. The van der Waals surface area contributed by atoms with Gasteiger partial charge in [0, 0.05) is 0 Å². The Kier molecular flexibility index (Phi) is 6.73. The SMILES string of the molecule is CC.Cc1cccc2c1c(=O)nc1n2-c2ccc(C3CCN(CC(=O)O)CC3)cc2C12CCCCC2. The van der Waals surface area contributed by atoms with Gasteiger partial charge < -0.3 is 5.11 Å². The van der Waals surface area contributed by atoms with Gasteiger partial charge in [-0.3, -0.25) is 19.1 Å². The molecule has 1 saturated carbocycles. The first-order valence-corrected chi connectivity index (χ1v) is 13.6. The Morgan fingerprint density at radius 3 is 2.50 bits per heavy atom. The van der Waals surface area contributed by atoms with Crippen molar-refractivity contribution in [2.45, 2.75) is 77.0 Å². The van der Waals surface area contributed by atoms with Crippen LogP contribution >= 0.6 is 0 Å². The average Bonchev–Trinajstić information content (AvgIpc) is 3.14. The molecule has 6 heteroatoms. The molecular weight excluding hydrogens is 450 g/mol. The molecule has 2 aliphatic heterocycles. The van der Waals surface area contributed by atoms with Gasteiger partial charge in [0.25, 0.3) is 5.56 Å². The van der Waals surface area contributed by atoms with Gasteiger partial charge in [0.15, 0.2) is 0 Å². The number of aliphatic carboxylic acids is 1. The highest BCUT2D eigenvalue weighted by atomic mass is 16.4. The van der Waals surface area contributed by atoms with Crippen molar-refractivity contribution in [3.05, 3.63) is 69.3 Å². The molecule has 6 rings (SSSR count). The summed E-state index contributed by atoms with van der Waals surface area (Å²) in [5.74, 6) is 0.614. The van der Waals surface area contributed by atoms with Crippen molar-refractivity contribution in [1.29, 1.82) is 0 Å². The zero-order valence-corrected chi connectivity index (χ0v) is 21.7. The van der Waals surface area contributed by atoms with Crippen LogP contribution < -0.4 is 5.56 Å². The van der Waals surface area contributed by atoms with Crippen LogP contribution in [0.5, 0.6) is 0 Å². The molecule has 0 unspecified atom stereocenters. The van der Waals surface area contributed by atoms with Crippen molar-refractivity contribution in [1.82, 2.24) is 14.5 Å². The second-order valence-electron chi connectivity index (χ2n) is 10.4. The Labute approximate surface area is 213 Å². The third-order valence-corrected chi connectivity index (χ3v) is 8.45. The molecule has 190 valence electrons. The van der Waals surface area contributed by atoms with E-state index in [-0.39, 0.29) is 17.5 Å². The van der Waals surface area contributed by atoms with Crippen LogP contribution in [-0.4, -0.2) is 45.2 Å². The Bertz CT molecular complexity index is 1350. The van der Waals surface area contributed by atoms with Gasteiger partial charge in [0.1, 0.15) is 5.82 Å². The fraction of sp³-hybridized carbons (Fsp3) is 0.500. The van der Waals surface area contributed by atoms with Crippen LogP contribution in [0.15, 0.2) is 41.2 Å². The minimum atomic E-state index is -0.752.